The van der Waals surface area contributed by atoms with E-state index in [1.165, 1.54) is 0 Å². The topological polar surface area (TPSA) is 46.2 Å². The molecule has 12 heavy (non-hydrogen) atoms. The average molecular weight is 164 g/mol. The Bertz CT molecular complexity index is 221. The zero-order chi connectivity index (χ0) is 8.97. The lowest BCUT2D eigenvalue weighted by Crippen LogP contribution is -2.34. The Hall–Kier alpha value is -0.860. The van der Waals surface area contributed by atoms with Gasteiger partial charge < -0.3 is 10.8 Å². The molecule has 0 bridgehead atoms. The molecule has 3 N–H and O–H groups in total. The molecule has 1 rings (SSSR count). The average Bonchev–Trinajstić information content (AvgIpc) is 2.06. The molecule has 0 saturated heterocycles. The highest BCUT2D eigenvalue weighted by atomic mass is 16.3. The molecule has 65 valence electrons. The van der Waals surface area contributed by atoms with Crippen LogP contribution in [0.25, 0.3) is 0 Å². The van der Waals surface area contributed by atoms with Gasteiger partial charge in [-0.25, -0.2) is 0 Å². The Morgan fingerprint density at radius 2 is 1.92 bits per heavy atom. The Balaban J connectivity index is 2.53. The van der Waals surface area contributed by atoms with Gasteiger partial charge in [0.2, 0.25) is 0 Å². The van der Waals surface area contributed by atoms with Crippen molar-refractivity contribution in [1.29, 1.82) is 0 Å². The summed E-state index contributed by atoms with van der Waals surface area (Å²) >= 11 is 0. The quantitative estimate of drug-likeness (QED) is 0.692. The second kappa shape index (κ2) is 4.24. The molecule has 0 aliphatic carbocycles. The molecular weight excluding hydrogens is 150 g/mol. The minimum Gasteiger partial charge on any atom is -0.392 e. The van der Waals surface area contributed by atoms with Crippen molar-refractivity contribution >= 4 is 0 Å². The van der Waals surface area contributed by atoms with Gasteiger partial charge in [-0.2, -0.15) is 0 Å². The summed E-state index contributed by atoms with van der Waals surface area (Å²) in [6.45, 7) is 3.47. The lowest BCUT2D eigenvalue weighted by Gasteiger charge is -2.13. The van der Waals surface area contributed by atoms with E-state index in [9.17, 15) is 0 Å². The Morgan fingerprint density at radius 3 is 2.42 bits per heavy atom. The predicted octanol–water partition coefficient (Wildman–Crippen LogP) is 0.751. The van der Waals surface area contributed by atoms with Crippen LogP contribution in [-0.4, -0.2) is 17.3 Å². The normalized spacial score (nSPS) is 15.6. The summed E-state index contributed by atoms with van der Waals surface area (Å²) in [6, 6.07) is 9.57. The lowest BCUT2D eigenvalue weighted by molar-refractivity contribution is 0.188. The summed E-state index contributed by atoms with van der Waals surface area (Å²) in [5.41, 5.74) is 6.77. The van der Waals surface area contributed by atoms with Gasteiger partial charge in [0.15, 0.2) is 0 Å². The monoisotopic (exact) mass is 164 g/mol. The fourth-order valence-corrected chi connectivity index (χ4v) is 1.02. The van der Waals surface area contributed by atoms with Crippen molar-refractivity contribution in [1.82, 2.24) is 0 Å². The third kappa shape index (κ3) is 2.64. The number of aliphatic hydroxyl groups excluding tert-OH is 1. The van der Waals surface area contributed by atoms with Crippen molar-refractivity contribution in [2.24, 2.45) is 5.73 Å². The van der Waals surface area contributed by atoms with E-state index in [4.69, 9.17) is 10.8 Å². The summed E-state index contributed by atoms with van der Waals surface area (Å²) < 4.78 is 0. The van der Waals surface area contributed by atoms with E-state index in [1.54, 1.807) is 0 Å². The molecule has 2 nitrogen and oxygen atoms in total. The lowest BCUT2D eigenvalue weighted by atomic mass is 10.0. The van der Waals surface area contributed by atoms with Crippen LogP contribution in [0.4, 0.5) is 0 Å². The second-order valence-electron chi connectivity index (χ2n) is 2.92. The zero-order valence-electron chi connectivity index (χ0n) is 6.98. The van der Waals surface area contributed by atoms with Crippen LogP contribution in [0.3, 0.4) is 0 Å². The Labute approximate surface area is 73.0 Å². The molecule has 1 aromatic rings. The molecule has 0 amide bonds. The number of aliphatic hydroxyl groups is 1. The summed E-state index contributed by atoms with van der Waals surface area (Å²) in [4.78, 5) is 0. The molecule has 0 saturated carbocycles. The summed E-state index contributed by atoms with van der Waals surface area (Å²) in [6.07, 6.45) is -0.0175. The van der Waals surface area contributed by atoms with Gasteiger partial charge in [0.25, 0.3) is 0 Å². The number of hydrogen-bond acceptors (Lipinski definition) is 2. The van der Waals surface area contributed by atoms with Crippen LogP contribution in [0.5, 0.6) is 0 Å². The fraction of sp³-hybridized carbons (Fsp3) is 0.300. The Kier molecular flexibility index (Phi) is 3.26. The van der Waals surface area contributed by atoms with Crippen molar-refractivity contribution in [2.45, 2.75) is 18.6 Å². The summed E-state index contributed by atoms with van der Waals surface area (Å²) in [7, 11) is 0. The van der Waals surface area contributed by atoms with Gasteiger partial charge in [-0.1, -0.05) is 30.3 Å². The van der Waals surface area contributed by atoms with E-state index in [-0.39, 0.29) is 6.04 Å². The maximum Gasteiger partial charge on any atom is 0.0695 e. The van der Waals surface area contributed by atoms with Crippen molar-refractivity contribution in [3.05, 3.63) is 42.8 Å². The largest absolute Gasteiger partial charge is 0.392 e. The van der Waals surface area contributed by atoms with Crippen LogP contribution >= 0.6 is 0 Å². The zero-order valence-corrected chi connectivity index (χ0v) is 6.98. The molecule has 1 aromatic carbocycles. The molecule has 1 radical (unpaired) electrons. The van der Waals surface area contributed by atoms with Crippen LogP contribution in [0.15, 0.2) is 30.3 Å². The highest BCUT2D eigenvalue weighted by Crippen LogP contribution is 2.03. The molecule has 0 aromatic heterocycles. The van der Waals surface area contributed by atoms with E-state index >= 15 is 0 Å². The van der Waals surface area contributed by atoms with Gasteiger partial charge in [-0.3, -0.25) is 0 Å². The van der Waals surface area contributed by atoms with E-state index < -0.39 is 6.10 Å². The molecule has 2 unspecified atom stereocenters. The minimum absolute atomic E-state index is 0.271. The molecule has 0 aliphatic heterocycles. The van der Waals surface area contributed by atoms with Crippen molar-refractivity contribution in [3.8, 4) is 0 Å². The van der Waals surface area contributed by atoms with Gasteiger partial charge in [0.1, 0.15) is 0 Å². The van der Waals surface area contributed by atoms with Crippen molar-refractivity contribution in [3.63, 3.8) is 0 Å². The van der Waals surface area contributed by atoms with Crippen LogP contribution < -0.4 is 5.73 Å². The van der Waals surface area contributed by atoms with E-state index in [0.29, 0.717) is 6.42 Å². The molecule has 0 spiro atoms. The van der Waals surface area contributed by atoms with Crippen LogP contribution in [0.1, 0.15) is 5.56 Å². The van der Waals surface area contributed by atoms with Crippen LogP contribution in [0, 0.1) is 6.92 Å². The summed E-state index contributed by atoms with van der Waals surface area (Å²) in [5, 5.41) is 9.05. The first-order valence-corrected chi connectivity index (χ1v) is 4.01. The second-order valence-corrected chi connectivity index (χ2v) is 2.92. The van der Waals surface area contributed by atoms with Crippen LogP contribution in [0.2, 0.25) is 0 Å². The maximum atomic E-state index is 9.05. The van der Waals surface area contributed by atoms with Gasteiger partial charge in [-0.15, -0.1) is 0 Å². The highest BCUT2D eigenvalue weighted by Gasteiger charge is 2.08. The smallest absolute Gasteiger partial charge is 0.0695 e. The third-order valence-corrected chi connectivity index (χ3v) is 1.81. The number of nitrogens with two attached hydrogens (primary N) is 1. The minimum atomic E-state index is -0.690. The predicted molar refractivity (Wildman–Crippen MR) is 49.5 cm³/mol. The highest BCUT2D eigenvalue weighted by molar-refractivity contribution is 5.16. The third-order valence-electron chi connectivity index (χ3n) is 1.81. The first kappa shape index (κ1) is 9.23. The number of benzene rings is 1. The molecule has 2 atom stereocenters. The molecule has 0 fully saturated rings. The fourth-order valence-electron chi connectivity index (χ4n) is 1.02. The van der Waals surface area contributed by atoms with Gasteiger partial charge >= 0.3 is 0 Å². The van der Waals surface area contributed by atoms with Gasteiger partial charge in [-0.05, 0) is 18.9 Å². The van der Waals surface area contributed by atoms with Crippen molar-refractivity contribution in [2.75, 3.05) is 0 Å². The van der Waals surface area contributed by atoms with Gasteiger partial charge in [0.05, 0.1) is 6.10 Å². The van der Waals surface area contributed by atoms with E-state index in [1.807, 2.05) is 30.3 Å². The number of hydrogen-bond donors (Lipinski definition) is 2. The van der Waals surface area contributed by atoms with E-state index in [2.05, 4.69) is 6.92 Å². The molecular formula is C10H14NO. The maximum absolute atomic E-state index is 9.05. The standard InChI is InChI=1S/C10H14NO/c1-8(12)10(11)7-9-5-3-2-4-6-9/h2-6,8,10,12H,1,7,11H2. The molecule has 2 heteroatoms. The van der Waals surface area contributed by atoms with Crippen molar-refractivity contribution < 1.29 is 5.11 Å². The molecule has 0 aliphatic rings. The van der Waals surface area contributed by atoms with E-state index in [0.717, 1.165) is 5.56 Å². The molecule has 0 heterocycles. The first-order valence-electron chi connectivity index (χ1n) is 4.01. The first-order chi connectivity index (χ1) is 5.70. The SMILES string of the molecule is [CH2]C(O)C(N)Cc1ccccc1. The number of rotatable bonds is 3. The van der Waals surface area contributed by atoms with Crippen LogP contribution in [-0.2, 0) is 6.42 Å². The van der Waals surface area contributed by atoms with Gasteiger partial charge in [0, 0.05) is 6.04 Å². The summed E-state index contributed by atoms with van der Waals surface area (Å²) in [5.74, 6) is 0. The Morgan fingerprint density at radius 1 is 1.33 bits per heavy atom.